The Hall–Kier alpha value is -2.35. The number of rotatable bonds is 11. The van der Waals surface area contributed by atoms with Crippen LogP contribution in [0.1, 0.15) is 45.0 Å². The number of nitrogens with one attached hydrogen (secondary N) is 1. The second-order valence-electron chi connectivity index (χ2n) is 7.27. The number of hydrogen-bond acceptors (Lipinski definition) is 6. The number of nitrogens with zero attached hydrogens (tertiary/aromatic N) is 3. The average molecular weight is 419 g/mol. The zero-order valence-electron chi connectivity index (χ0n) is 17.6. The van der Waals surface area contributed by atoms with Crippen molar-refractivity contribution in [2.24, 2.45) is 5.92 Å². The molecule has 1 aromatic carbocycles. The molecule has 0 radical (unpaired) electrons. The van der Waals surface area contributed by atoms with Gasteiger partial charge in [0.2, 0.25) is 5.91 Å². The summed E-state index contributed by atoms with van der Waals surface area (Å²) in [5.41, 5.74) is 1.17. The van der Waals surface area contributed by atoms with E-state index >= 15 is 0 Å². The lowest BCUT2D eigenvalue weighted by Gasteiger charge is -2.18. The van der Waals surface area contributed by atoms with Crippen molar-refractivity contribution in [3.63, 3.8) is 0 Å². The third-order valence-electron chi connectivity index (χ3n) is 4.31. The lowest BCUT2D eigenvalue weighted by Crippen LogP contribution is -2.43. The highest BCUT2D eigenvalue weighted by Crippen LogP contribution is 2.19. The van der Waals surface area contributed by atoms with Crippen LogP contribution in [-0.4, -0.2) is 45.5 Å². The van der Waals surface area contributed by atoms with E-state index in [1.165, 1.54) is 24.4 Å². The van der Waals surface area contributed by atoms with E-state index in [1.807, 2.05) is 32.0 Å². The summed E-state index contributed by atoms with van der Waals surface area (Å²) in [7, 11) is 1.33. The summed E-state index contributed by atoms with van der Waals surface area (Å²) in [6, 6.07) is 9.49. The number of amides is 1. The van der Waals surface area contributed by atoms with Crippen molar-refractivity contribution in [3.8, 4) is 0 Å². The minimum absolute atomic E-state index is 0.165. The molecule has 1 heterocycles. The highest BCUT2D eigenvalue weighted by atomic mass is 32.2. The standard InChI is InChI=1S/C21H30N4O3S/c1-5-11-25-18(13-16-9-7-6-8-10-16)23-24-21(25)29-14-19(26)22-17(12-15(2)3)20(27)28-4/h6-10,15,17H,5,11-14H2,1-4H3,(H,22,26)/t17-/m1/s1. The molecule has 2 rings (SSSR count). The molecule has 1 aromatic heterocycles. The van der Waals surface area contributed by atoms with Gasteiger partial charge in [0.1, 0.15) is 11.9 Å². The normalized spacial score (nSPS) is 12.0. The molecule has 0 unspecified atom stereocenters. The number of carbonyl (C=O) groups is 2. The van der Waals surface area contributed by atoms with Crippen LogP contribution in [0, 0.1) is 5.92 Å². The molecule has 2 aromatic rings. The number of methoxy groups -OCH3 is 1. The second-order valence-corrected chi connectivity index (χ2v) is 8.22. The first kappa shape index (κ1) is 22.9. The first-order valence-electron chi connectivity index (χ1n) is 9.90. The minimum atomic E-state index is -0.629. The Balaban J connectivity index is 2.01. The number of carbonyl (C=O) groups excluding carboxylic acids is 2. The fourth-order valence-corrected chi connectivity index (χ4v) is 3.77. The number of hydrogen-bond donors (Lipinski definition) is 1. The van der Waals surface area contributed by atoms with E-state index in [9.17, 15) is 9.59 Å². The first-order chi connectivity index (χ1) is 13.9. The van der Waals surface area contributed by atoms with Crippen LogP contribution in [0.3, 0.4) is 0 Å². The van der Waals surface area contributed by atoms with Crippen LogP contribution in [0.25, 0.3) is 0 Å². The summed E-state index contributed by atoms with van der Waals surface area (Å²) in [4.78, 5) is 24.3. The Labute approximate surface area is 176 Å². The van der Waals surface area contributed by atoms with Crippen LogP contribution < -0.4 is 5.32 Å². The monoisotopic (exact) mass is 418 g/mol. The maximum absolute atomic E-state index is 12.4. The van der Waals surface area contributed by atoms with Crippen molar-refractivity contribution >= 4 is 23.6 Å². The maximum atomic E-state index is 12.4. The molecule has 0 aliphatic carbocycles. The quantitative estimate of drug-likeness (QED) is 0.446. The zero-order valence-corrected chi connectivity index (χ0v) is 18.4. The van der Waals surface area contributed by atoms with Crippen molar-refractivity contribution in [3.05, 3.63) is 41.7 Å². The number of benzene rings is 1. The van der Waals surface area contributed by atoms with E-state index < -0.39 is 12.0 Å². The fourth-order valence-electron chi connectivity index (χ4n) is 2.98. The van der Waals surface area contributed by atoms with Crippen LogP contribution in [0.4, 0.5) is 0 Å². The van der Waals surface area contributed by atoms with E-state index in [1.54, 1.807) is 0 Å². The molecule has 1 amide bonds. The summed E-state index contributed by atoms with van der Waals surface area (Å²) in [5, 5.41) is 12.1. The van der Waals surface area contributed by atoms with Crippen LogP contribution in [-0.2, 0) is 27.3 Å². The molecule has 0 aliphatic heterocycles. The smallest absolute Gasteiger partial charge is 0.328 e. The molecule has 1 atom stereocenters. The molecule has 0 bridgehead atoms. The molecule has 158 valence electrons. The predicted molar refractivity (Wildman–Crippen MR) is 114 cm³/mol. The molecule has 0 fully saturated rings. The van der Waals surface area contributed by atoms with Crippen molar-refractivity contribution in [2.45, 2.75) is 57.8 Å². The summed E-state index contributed by atoms with van der Waals surface area (Å²) >= 11 is 1.33. The van der Waals surface area contributed by atoms with Gasteiger partial charge >= 0.3 is 5.97 Å². The highest BCUT2D eigenvalue weighted by molar-refractivity contribution is 7.99. The molecule has 0 saturated heterocycles. The summed E-state index contributed by atoms with van der Waals surface area (Å²) < 4.78 is 6.87. The number of ether oxygens (including phenoxy) is 1. The lowest BCUT2D eigenvalue weighted by molar-refractivity contribution is -0.145. The van der Waals surface area contributed by atoms with Gasteiger partial charge in [0.05, 0.1) is 12.9 Å². The molecule has 0 saturated carbocycles. The zero-order chi connectivity index (χ0) is 21.2. The molecule has 7 nitrogen and oxygen atoms in total. The van der Waals surface area contributed by atoms with E-state index in [-0.39, 0.29) is 17.6 Å². The number of esters is 1. The van der Waals surface area contributed by atoms with E-state index in [0.717, 1.165) is 18.8 Å². The van der Waals surface area contributed by atoms with E-state index in [0.29, 0.717) is 18.0 Å². The van der Waals surface area contributed by atoms with Crippen molar-refractivity contribution in [1.29, 1.82) is 0 Å². The Morgan fingerprint density at radius 2 is 1.93 bits per heavy atom. The molecular weight excluding hydrogens is 388 g/mol. The van der Waals surface area contributed by atoms with Gasteiger partial charge in [0.15, 0.2) is 5.16 Å². The van der Waals surface area contributed by atoms with Gasteiger partial charge in [0.25, 0.3) is 0 Å². The van der Waals surface area contributed by atoms with Gasteiger partial charge in [-0.1, -0.05) is 62.9 Å². The summed E-state index contributed by atoms with van der Waals surface area (Å²) in [6.45, 7) is 6.88. The SMILES string of the molecule is CCCn1c(Cc2ccccc2)nnc1SCC(=O)N[C@H](CC(C)C)C(=O)OC. The molecule has 8 heteroatoms. The average Bonchev–Trinajstić information content (AvgIpc) is 3.07. The van der Waals surface area contributed by atoms with Gasteiger partial charge in [0, 0.05) is 13.0 Å². The fraction of sp³-hybridized carbons (Fsp3) is 0.524. The number of thioether (sulfide) groups is 1. The van der Waals surface area contributed by atoms with Crippen molar-refractivity contribution in [1.82, 2.24) is 20.1 Å². The largest absolute Gasteiger partial charge is 0.467 e. The van der Waals surface area contributed by atoms with Crippen LogP contribution in [0.15, 0.2) is 35.5 Å². The lowest BCUT2D eigenvalue weighted by atomic mass is 10.0. The predicted octanol–water partition coefficient (Wildman–Crippen LogP) is 3.07. The van der Waals surface area contributed by atoms with Gasteiger partial charge in [-0.2, -0.15) is 0 Å². The Morgan fingerprint density at radius 3 is 2.55 bits per heavy atom. The van der Waals surface area contributed by atoms with Crippen LogP contribution in [0.5, 0.6) is 0 Å². The molecule has 0 spiro atoms. The minimum Gasteiger partial charge on any atom is -0.467 e. The first-order valence-corrected chi connectivity index (χ1v) is 10.9. The van der Waals surface area contributed by atoms with Gasteiger partial charge in [-0.15, -0.1) is 10.2 Å². The van der Waals surface area contributed by atoms with Gasteiger partial charge < -0.3 is 14.6 Å². The molecule has 0 aliphatic rings. The Kier molecular flexibility index (Phi) is 9.18. The topological polar surface area (TPSA) is 86.1 Å². The van der Waals surface area contributed by atoms with Crippen LogP contribution in [0.2, 0.25) is 0 Å². The third-order valence-corrected chi connectivity index (χ3v) is 5.27. The van der Waals surface area contributed by atoms with Crippen molar-refractivity contribution < 1.29 is 14.3 Å². The van der Waals surface area contributed by atoms with Gasteiger partial charge in [-0.3, -0.25) is 4.79 Å². The maximum Gasteiger partial charge on any atom is 0.328 e. The van der Waals surface area contributed by atoms with Crippen molar-refractivity contribution in [2.75, 3.05) is 12.9 Å². The molecule has 29 heavy (non-hydrogen) atoms. The van der Waals surface area contributed by atoms with Crippen LogP contribution >= 0.6 is 11.8 Å². The van der Waals surface area contributed by atoms with Gasteiger partial charge in [-0.25, -0.2) is 4.79 Å². The van der Waals surface area contributed by atoms with E-state index in [2.05, 4.69) is 39.1 Å². The Bertz CT molecular complexity index is 792. The third kappa shape index (κ3) is 7.20. The van der Waals surface area contributed by atoms with Gasteiger partial charge in [-0.05, 0) is 24.3 Å². The molecular formula is C21H30N4O3S. The number of aromatic nitrogens is 3. The second kappa shape index (κ2) is 11.6. The highest BCUT2D eigenvalue weighted by Gasteiger charge is 2.23. The summed E-state index contributed by atoms with van der Waals surface area (Å²) in [6.07, 6.45) is 2.17. The molecule has 1 N–H and O–H groups in total. The summed E-state index contributed by atoms with van der Waals surface area (Å²) in [5.74, 6) is 0.671. The van der Waals surface area contributed by atoms with E-state index in [4.69, 9.17) is 4.74 Å². The Morgan fingerprint density at radius 1 is 1.21 bits per heavy atom.